The number of hydrogen-bond donors (Lipinski definition) is 0. The molecule has 0 spiro atoms. The van der Waals surface area contributed by atoms with Crippen LogP contribution in [0.15, 0.2) is 36.8 Å². The lowest BCUT2D eigenvalue weighted by Crippen LogP contribution is -2.21. The van der Waals surface area contributed by atoms with Crippen LogP contribution in [0, 0.1) is 5.21 Å². The van der Waals surface area contributed by atoms with E-state index in [1.807, 2.05) is 31.3 Å². The van der Waals surface area contributed by atoms with Gasteiger partial charge in [-0.15, -0.1) is 0 Å². The van der Waals surface area contributed by atoms with Crippen LogP contribution in [0.1, 0.15) is 0 Å². The van der Waals surface area contributed by atoms with E-state index in [4.69, 9.17) is 4.74 Å². The summed E-state index contributed by atoms with van der Waals surface area (Å²) in [7, 11) is 3.47. The van der Waals surface area contributed by atoms with Crippen LogP contribution in [-0.4, -0.2) is 11.7 Å². The van der Waals surface area contributed by atoms with Crippen LogP contribution in [0.25, 0.3) is 11.3 Å². The second kappa shape index (κ2) is 3.65. The SMILES string of the molecule is COc1ccc(-c2c[n+]([O-])cn2C)cc1. The summed E-state index contributed by atoms with van der Waals surface area (Å²) in [5.74, 6) is 0.808. The van der Waals surface area contributed by atoms with Crippen molar-refractivity contribution in [1.29, 1.82) is 0 Å². The number of hydrogen-bond acceptors (Lipinski definition) is 2. The highest BCUT2D eigenvalue weighted by Crippen LogP contribution is 2.20. The summed E-state index contributed by atoms with van der Waals surface area (Å²) >= 11 is 0. The number of methoxy groups -OCH3 is 1. The molecule has 2 rings (SSSR count). The van der Waals surface area contributed by atoms with E-state index in [1.165, 1.54) is 6.33 Å². The molecule has 0 aliphatic heterocycles. The number of ether oxygens (including phenoxy) is 1. The lowest BCUT2D eigenvalue weighted by molar-refractivity contribution is -0.604. The summed E-state index contributed by atoms with van der Waals surface area (Å²) < 4.78 is 7.64. The third-order valence-electron chi connectivity index (χ3n) is 2.30. The molecule has 1 aromatic carbocycles. The van der Waals surface area contributed by atoms with Gasteiger partial charge in [-0.05, 0) is 24.3 Å². The molecule has 15 heavy (non-hydrogen) atoms. The van der Waals surface area contributed by atoms with Crippen LogP contribution < -0.4 is 9.47 Å². The van der Waals surface area contributed by atoms with Crippen LogP contribution in [0.4, 0.5) is 0 Å². The molecular formula is C11H12N2O2. The van der Waals surface area contributed by atoms with Gasteiger partial charge in [-0.1, -0.05) is 0 Å². The predicted octanol–water partition coefficient (Wildman–Crippen LogP) is 1.33. The normalized spacial score (nSPS) is 10.3. The van der Waals surface area contributed by atoms with Crippen molar-refractivity contribution in [2.75, 3.05) is 7.11 Å². The molecule has 2 aromatic rings. The second-order valence-corrected chi connectivity index (χ2v) is 3.33. The highest BCUT2D eigenvalue weighted by atomic mass is 16.5. The molecule has 0 aliphatic carbocycles. The molecule has 4 nitrogen and oxygen atoms in total. The maximum atomic E-state index is 11.1. The standard InChI is InChI=1S/C11H12N2O2/c1-12-8-13(14)7-11(12)9-3-5-10(15-2)6-4-9/h3-8H,1-2H3. The molecule has 0 radical (unpaired) electrons. The second-order valence-electron chi connectivity index (χ2n) is 3.33. The summed E-state index contributed by atoms with van der Waals surface area (Å²) in [6.07, 6.45) is 3.03. The van der Waals surface area contributed by atoms with Crippen LogP contribution in [0.2, 0.25) is 0 Å². The minimum Gasteiger partial charge on any atom is -0.711 e. The molecule has 0 N–H and O–H groups in total. The van der Waals surface area contributed by atoms with Crippen molar-refractivity contribution in [3.8, 4) is 17.0 Å². The molecule has 1 aromatic heterocycles. The Morgan fingerprint density at radius 3 is 2.40 bits per heavy atom. The molecule has 0 fully saturated rings. The summed E-state index contributed by atoms with van der Waals surface area (Å²) in [6.45, 7) is 0. The Hall–Kier alpha value is -1.97. The Labute approximate surface area is 87.9 Å². The summed E-state index contributed by atoms with van der Waals surface area (Å²) in [5, 5.41) is 11.1. The van der Waals surface area contributed by atoms with Gasteiger partial charge >= 0.3 is 0 Å². The van der Waals surface area contributed by atoms with E-state index < -0.39 is 0 Å². The molecule has 0 atom stereocenters. The maximum Gasteiger partial charge on any atom is 0.247 e. The Morgan fingerprint density at radius 1 is 1.27 bits per heavy atom. The fraction of sp³-hybridized carbons (Fsp3) is 0.182. The first-order valence-corrected chi connectivity index (χ1v) is 4.60. The van der Waals surface area contributed by atoms with Crippen LogP contribution >= 0.6 is 0 Å². The van der Waals surface area contributed by atoms with Crippen LogP contribution in [-0.2, 0) is 7.05 Å². The van der Waals surface area contributed by atoms with Gasteiger partial charge in [-0.25, -0.2) is 9.30 Å². The first-order valence-electron chi connectivity index (χ1n) is 4.60. The topological polar surface area (TPSA) is 41.1 Å². The first kappa shape index (κ1) is 9.58. The molecule has 0 bridgehead atoms. The molecule has 0 saturated carbocycles. The van der Waals surface area contributed by atoms with Gasteiger partial charge < -0.3 is 9.94 Å². The number of rotatable bonds is 2. The monoisotopic (exact) mass is 204 g/mol. The Balaban J connectivity index is 2.41. The molecule has 1 heterocycles. The zero-order valence-corrected chi connectivity index (χ0v) is 8.68. The van der Waals surface area contributed by atoms with Crippen molar-refractivity contribution in [2.24, 2.45) is 7.05 Å². The predicted molar refractivity (Wildman–Crippen MR) is 56.4 cm³/mol. The first-order chi connectivity index (χ1) is 7.20. The lowest BCUT2D eigenvalue weighted by Gasteiger charge is -2.00. The molecule has 78 valence electrons. The van der Waals surface area contributed by atoms with Gasteiger partial charge in [0.15, 0.2) is 5.69 Å². The Kier molecular flexibility index (Phi) is 2.33. The maximum absolute atomic E-state index is 11.1. The highest BCUT2D eigenvalue weighted by molar-refractivity contribution is 5.59. The quantitative estimate of drug-likeness (QED) is 0.547. The van der Waals surface area contributed by atoms with Gasteiger partial charge in [0.25, 0.3) is 0 Å². The van der Waals surface area contributed by atoms with E-state index in [0.717, 1.165) is 21.7 Å². The summed E-state index contributed by atoms with van der Waals surface area (Å²) in [6, 6.07) is 7.59. The minimum atomic E-state index is 0.791. The van der Waals surface area contributed by atoms with Gasteiger partial charge in [0.2, 0.25) is 6.33 Å². The van der Waals surface area contributed by atoms with Crippen molar-refractivity contribution in [1.82, 2.24) is 4.57 Å². The van der Waals surface area contributed by atoms with Crippen LogP contribution in [0.3, 0.4) is 0 Å². The van der Waals surface area contributed by atoms with Crippen LogP contribution in [0.5, 0.6) is 5.75 Å². The Bertz CT molecular complexity index is 460. The largest absolute Gasteiger partial charge is 0.711 e. The number of imidazole rings is 1. The van der Waals surface area contributed by atoms with Crippen molar-refractivity contribution >= 4 is 0 Å². The number of benzene rings is 1. The lowest BCUT2D eigenvalue weighted by atomic mass is 10.1. The third-order valence-corrected chi connectivity index (χ3v) is 2.30. The number of aryl methyl sites for hydroxylation is 1. The zero-order valence-electron chi connectivity index (χ0n) is 8.68. The van der Waals surface area contributed by atoms with Gasteiger partial charge in [-0.3, -0.25) is 0 Å². The average molecular weight is 204 g/mol. The van der Waals surface area contributed by atoms with E-state index in [0.29, 0.717) is 0 Å². The van der Waals surface area contributed by atoms with Gasteiger partial charge in [-0.2, -0.15) is 0 Å². The van der Waals surface area contributed by atoms with Gasteiger partial charge in [0.1, 0.15) is 11.9 Å². The van der Waals surface area contributed by atoms with E-state index >= 15 is 0 Å². The molecule has 0 aliphatic rings. The van der Waals surface area contributed by atoms with Gasteiger partial charge in [0.05, 0.1) is 14.2 Å². The van der Waals surface area contributed by atoms with Gasteiger partial charge in [0, 0.05) is 5.56 Å². The third kappa shape index (κ3) is 1.79. The number of aromatic nitrogens is 2. The average Bonchev–Trinajstić information content (AvgIpc) is 2.58. The van der Waals surface area contributed by atoms with Crippen molar-refractivity contribution in [2.45, 2.75) is 0 Å². The smallest absolute Gasteiger partial charge is 0.247 e. The van der Waals surface area contributed by atoms with E-state index in [2.05, 4.69) is 0 Å². The fourth-order valence-electron chi connectivity index (χ4n) is 1.52. The molecule has 0 amide bonds. The number of nitrogens with zero attached hydrogens (tertiary/aromatic N) is 2. The van der Waals surface area contributed by atoms with Crippen molar-refractivity contribution in [3.63, 3.8) is 0 Å². The molecule has 4 heteroatoms. The van der Waals surface area contributed by atoms with E-state index in [1.54, 1.807) is 17.9 Å². The summed E-state index contributed by atoms with van der Waals surface area (Å²) in [4.78, 5) is 0. The van der Waals surface area contributed by atoms with E-state index in [-0.39, 0.29) is 0 Å². The van der Waals surface area contributed by atoms with Crippen molar-refractivity contribution < 1.29 is 9.47 Å². The fourth-order valence-corrected chi connectivity index (χ4v) is 1.52. The van der Waals surface area contributed by atoms with Crippen molar-refractivity contribution in [3.05, 3.63) is 42.0 Å². The Morgan fingerprint density at radius 2 is 1.93 bits per heavy atom. The minimum absolute atomic E-state index is 0.791. The summed E-state index contributed by atoms with van der Waals surface area (Å²) in [5.41, 5.74) is 1.88. The molecular weight excluding hydrogens is 192 g/mol. The molecule has 0 unspecified atom stereocenters. The van der Waals surface area contributed by atoms with E-state index in [9.17, 15) is 5.21 Å². The zero-order chi connectivity index (χ0) is 10.8. The molecule has 0 saturated heterocycles. The highest BCUT2D eigenvalue weighted by Gasteiger charge is 2.08.